The van der Waals surface area contributed by atoms with Gasteiger partial charge in [-0.25, -0.2) is 0 Å². The van der Waals surface area contributed by atoms with Gasteiger partial charge in [-0.2, -0.15) is 0 Å². The van der Waals surface area contributed by atoms with Crippen LogP contribution in [-0.2, 0) is 9.59 Å². The first kappa shape index (κ1) is 27.1. The SMILES string of the molecule is CC=C(C)CC[C@@H]1[C@@H](C(=O)O)[C@@H](c2ccc3c(c2)OCO3)CN1CC(=O)N(CCCC)CCCC. The Balaban J connectivity index is 1.86. The van der Waals surface area contributed by atoms with Crippen molar-refractivity contribution >= 4 is 11.9 Å². The summed E-state index contributed by atoms with van der Waals surface area (Å²) in [6.45, 7) is 10.9. The molecule has 0 bridgehead atoms. The van der Waals surface area contributed by atoms with E-state index in [4.69, 9.17) is 9.47 Å². The summed E-state index contributed by atoms with van der Waals surface area (Å²) in [6.07, 6.45) is 7.65. The van der Waals surface area contributed by atoms with Crippen molar-refractivity contribution in [3.63, 3.8) is 0 Å². The van der Waals surface area contributed by atoms with Gasteiger partial charge in [0.1, 0.15) is 0 Å². The lowest BCUT2D eigenvalue weighted by atomic mass is 9.83. The maximum Gasteiger partial charge on any atom is 0.308 e. The number of nitrogens with zero attached hydrogens (tertiary/aromatic N) is 2. The smallest absolute Gasteiger partial charge is 0.308 e. The van der Waals surface area contributed by atoms with E-state index in [0.717, 1.165) is 50.8 Å². The molecule has 0 aromatic heterocycles. The molecule has 3 atom stereocenters. The molecule has 0 spiro atoms. The van der Waals surface area contributed by atoms with Crippen LogP contribution in [-0.4, -0.2) is 65.8 Å². The van der Waals surface area contributed by atoms with Crippen LogP contribution in [0.1, 0.15) is 77.7 Å². The average Bonchev–Trinajstić information content (AvgIpc) is 3.46. The molecule has 0 saturated carbocycles. The highest BCUT2D eigenvalue weighted by Gasteiger charge is 2.47. The maximum absolute atomic E-state index is 13.4. The van der Waals surface area contributed by atoms with Crippen molar-refractivity contribution in [2.24, 2.45) is 5.92 Å². The minimum absolute atomic E-state index is 0.107. The number of fused-ring (bicyclic) bond motifs is 1. The fourth-order valence-electron chi connectivity index (χ4n) is 5.19. The first-order valence-electron chi connectivity index (χ1n) is 13.2. The number of rotatable bonds is 13. The Bertz CT molecular complexity index is 891. The predicted octanol–water partition coefficient (Wildman–Crippen LogP) is 5.06. The van der Waals surface area contributed by atoms with Crippen molar-refractivity contribution in [3.8, 4) is 11.5 Å². The Morgan fingerprint density at radius 1 is 1.14 bits per heavy atom. The second kappa shape index (κ2) is 13.0. The number of allylic oxidation sites excluding steroid dienone is 2. The molecule has 1 aromatic rings. The number of unbranched alkanes of at least 4 members (excludes halogenated alkanes) is 2. The summed E-state index contributed by atoms with van der Waals surface area (Å²) in [5.41, 5.74) is 2.16. The normalized spacial score (nSPS) is 21.9. The number of benzene rings is 1. The Morgan fingerprint density at radius 3 is 2.46 bits per heavy atom. The van der Waals surface area contributed by atoms with Crippen molar-refractivity contribution in [2.75, 3.05) is 33.0 Å². The van der Waals surface area contributed by atoms with Crippen LogP contribution < -0.4 is 9.47 Å². The van der Waals surface area contributed by atoms with Crippen molar-refractivity contribution in [3.05, 3.63) is 35.4 Å². The first-order chi connectivity index (χ1) is 16.9. The lowest BCUT2D eigenvalue weighted by molar-refractivity contribution is -0.143. The molecular formula is C28H42N2O5. The van der Waals surface area contributed by atoms with Gasteiger partial charge in [0.15, 0.2) is 11.5 Å². The van der Waals surface area contributed by atoms with E-state index in [2.05, 4.69) is 31.7 Å². The fourth-order valence-corrected chi connectivity index (χ4v) is 5.19. The molecule has 1 amide bonds. The first-order valence-corrected chi connectivity index (χ1v) is 13.2. The molecule has 1 fully saturated rings. The van der Waals surface area contributed by atoms with Gasteiger partial charge in [-0.3, -0.25) is 14.5 Å². The van der Waals surface area contributed by atoms with E-state index in [-0.39, 0.29) is 31.2 Å². The van der Waals surface area contributed by atoms with E-state index in [0.29, 0.717) is 24.5 Å². The van der Waals surface area contributed by atoms with Gasteiger partial charge >= 0.3 is 5.97 Å². The van der Waals surface area contributed by atoms with E-state index in [1.807, 2.05) is 30.0 Å². The maximum atomic E-state index is 13.4. The number of carbonyl (C=O) groups is 2. The summed E-state index contributed by atoms with van der Waals surface area (Å²) < 4.78 is 11.0. The number of carbonyl (C=O) groups excluding carboxylic acids is 1. The fraction of sp³-hybridized carbons (Fsp3) is 0.643. The van der Waals surface area contributed by atoms with E-state index < -0.39 is 11.9 Å². The zero-order valence-corrected chi connectivity index (χ0v) is 21.8. The molecule has 35 heavy (non-hydrogen) atoms. The summed E-state index contributed by atoms with van der Waals surface area (Å²) in [5, 5.41) is 10.3. The van der Waals surface area contributed by atoms with Gasteiger partial charge in [-0.1, -0.05) is 44.4 Å². The molecule has 0 radical (unpaired) electrons. The number of aliphatic carboxylic acids is 1. The van der Waals surface area contributed by atoms with E-state index in [1.165, 1.54) is 5.57 Å². The molecule has 2 aliphatic rings. The van der Waals surface area contributed by atoms with Crippen LogP contribution in [0.2, 0.25) is 0 Å². The molecule has 3 rings (SSSR count). The predicted molar refractivity (Wildman–Crippen MR) is 137 cm³/mol. The standard InChI is InChI=1S/C28H42N2O5/c1-5-8-14-29(15-9-6-2)26(31)18-30-17-22(21-11-13-24-25(16-21)35-19-34-24)27(28(32)33)23(30)12-10-20(4)7-3/h7,11,13,16,22-23,27H,5-6,8-10,12,14-15,17-19H2,1-4H3,(H,32,33)/t22-,23-,27+/m1/s1. The van der Waals surface area contributed by atoms with E-state index >= 15 is 0 Å². The number of carboxylic acids is 1. The highest BCUT2D eigenvalue weighted by Crippen LogP contribution is 2.43. The lowest BCUT2D eigenvalue weighted by Gasteiger charge is -2.30. The van der Waals surface area contributed by atoms with Crippen LogP contribution in [0, 0.1) is 5.92 Å². The summed E-state index contributed by atoms with van der Waals surface area (Å²) in [7, 11) is 0. The Morgan fingerprint density at radius 2 is 1.83 bits per heavy atom. The highest BCUT2D eigenvalue weighted by atomic mass is 16.7. The zero-order valence-electron chi connectivity index (χ0n) is 21.8. The minimum atomic E-state index is -0.806. The second-order valence-electron chi connectivity index (χ2n) is 9.84. The number of amides is 1. The zero-order chi connectivity index (χ0) is 25.4. The van der Waals surface area contributed by atoms with Crippen LogP contribution in [0.4, 0.5) is 0 Å². The quantitative estimate of drug-likeness (QED) is 0.393. The molecule has 1 N–H and O–H groups in total. The molecule has 0 unspecified atom stereocenters. The van der Waals surface area contributed by atoms with Crippen LogP contribution in [0.25, 0.3) is 0 Å². The topological polar surface area (TPSA) is 79.3 Å². The lowest BCUT2D eigenvalue weighted by Crippen LogP contribution is -2.44. The number of hydrogen-bond acceptors (Lipinski definition) is 5. The van der Waals surface area contributed by atoms with Crippen LogP contribution >= 0.6 is 0 Å². The summed E-state index contributed by atoms with van der Waals surface area (Å²) >= 11 is 0. The van der Waals surface area contributed by atoms with Crippen molar-refractivity contribution in [1.29, 1.82) is 0 Å². The molecule has 7 nitrogen and oxygen atoms in total. The molecule has 1 aromatic carbocycles. The van der Waals surface area contributed by atoms with Gasteiger partial charge < -0.3 is 19.5 Å². The van der Waals surface area contributed by atoms with Crippen LogP contribution in [0.15, 0.2) is 29.8 Å². The molecule has 2 aliphatic heterocycles. The Kier molecular flexibility index (Phi) is 10.0. The third-order valence-corrected chi connectivity index (χ3v) is 7.44. The molecule has 1 saturated heterocycles. The minimum Gasteiger partial charge on any atom is -0.481 e. The third-order valence-electron chi connectivity index (χ3n) is 7.44. The number of likely N-dealkylation sites (tertiary alicyclic amines) is 1. The van der Waals surface area contributed by atoms with Gasteiger partial charge in [-0.05, 0) is 57.2 Å². The number of ether oxygens (including phenoxy) is 2. The molecule has 7 heteroatoms. The average molecular weight is 487 g/mol. The van der Waals surface area contributed by atoms with Crippen LogP contribution in [0.5, 0.6) is 11.5 Å². The Labute approximate surface area is 210 Å². The number of carboxylic acid groups (broad SMARTS) is 1. The van der Waals surface area contributed by atoms with Gasteiger partial charge in [-0.15, -0.1) is 0 Å². The van der Waals surface area contributed by atoms with E-state index in [9.17, 15) is 14.7 Å². The van der Waals surface area contributed by atoms with Crippen molar-refractivity contribution in [2.45, 2.75) is 78.2 Å². The van der Waals surface area contributed by atoms with Crippen LogP contribution in [0.3, 0.4) is 0 Å². The second-order valence-corrected chi connectivity index (χ2v) is 9.84. The van der Waals surface area contributed by atoms with E-state index in [1.54, 1.807) is 0 Å². The molecule has 2 heterocycles. The van der Waals surface area contributed by atoms with Gasteiger partial charge in [0, 0.05) is 31.6 Å². The molecular weight excluding hydrogens is 444 g/mol. The monoisotopic (exact) mass is 486 g/mol. The van der Waals surface area contributed by atoms with Crippen molar-refractivity contribution < 1.29 is 24.2 Å². The highest BCUT2D eigenvalue weighted by molar-refractivity contribution is 5.79. The summed E-state index contributed by atoms with van der Waals surface area (Å²) in [6, 6.07) is 5.52. The van der Waals surface area contributed by atoms with Gasteiger partial charge in [0.2, 0.25) is 12.7 Å². The van der Waals surface area contributed by atoms with Gasteiger partial charge in [0.25, 0.3) is 0 Å². The molecule has 194 valence electrons. The largest absolute Gasteiger partial charge is 0.481 e. The third kappa shape index (κ3) is 6.78. The summed E-state index contributed by atoms with van der Waals surface area (Å²) in [5.74, 6) is -0.158. The Hall–Kier alpha value is -2.54. The van der Waals surface area contributed by atoms with Crippen molar-refractivity contribution in [1.82, 2.24) is 9.80 Å². The van der Waals surface area contributed by atoms with Gasteiger partial charge in [0.05, 0.1) is 12.5 Å². The summed E-state index contributed by atoms with van der Waals surface area (Å²) in [4.78, 5) is 30.1. The molecule has 0 aliphatic carbocycles. The number of hydrogen-bond donors (Lipinski definition) is 1.